The molecule has 1 aliphatic carbocycles. The normalized spacial score (nSPS) is 20.8. The van der Waals surface area contributed by atoms with E-state index in [-0.39, 0.29) is 18.0 Å². The molecule has 168 valence electrons. The molecular weight excluding hydrogens is 410 g/mol. The molecule has 1 aliphatic heterocycles. The number of benzene rings is 1. The van der Waals surface area contributed by atoms with E-state index in [4.69, 9.17) is 24.6 Å². The molecule has 1 saturated carbocycles. The molecule has 0 bridgehead atoms. The topological polar surface area (TPSA) is 107 Å². The molecule has 2 N–H and O–H groups in total. The minimum absolute atomic E-state index is 0.0534. The number of aromatic nitrogens is 2. The van der Waals surface area contributed by atoms with Crippen molar-refractivity contribution in [1.29, 1.82) is 0 Å². The Morgan fingerprint density at radius 3 is 2.56 bits per heavy atom. The Bertz CT molecular complexity index is 1130. The van der Waals surface area contributed by atoms with E-state index in [1.807, 2.05) is 11.0 Å². The Labute approximate surface area is 186 Å². The number of methoxy groups -OCH3 is 2. The van der Waals surface area contributed by atoms with Crippen molar-refractivity contribution in [3.8, 4) is 11.5 Å². The highest BCUT2D eigenvalue weighted by atomic mass is 16.5. The number of furan rings is 1. The Kier molecular flexibility index (Phi) is 5.24. The van der Waals surface area contributed by atoms with E-state index in [2.05, 4.69) is 9.88 Å². The number of piperazine rings is 1. The Balaban J connectivity index is 1.50. The Morgan fingerprint density at radius 1 is 1.09 bits per heavy atom. The number of carbonyl (C=O) groups is 1. The van der Waals surface area contributed by atoms with Gasteiger partial charge in [-0.15, -0.1) is 0 Å². The highest BCUT2D eigenvalue weighted by Crippen LogP contribution is 2.37. The number of nitrogens with two attached hydrogens (primary N) is 1. The number of nitrogen functional groups attached to an aromatic ring is 1. The lowest BCUT2D eigenvalue weighted by molar-refractivity contribution is 0.0508. The number of fused-ring (bicyclic) bond motifs is 2. The van der Waals surface area contributed by atoms with Crippen molar-refractivity contribution in [3.05, 3.63) is 36.3 Å². The van der Waals surface area contributed by atoms with Crippen LogP contribution in [0.4, 0.5) is 11.8 Å². The second kappa shape index (κ2) is 8.22. The third-order valence-electron chi connectivity index (χ3n) is 6.54. The lowest BCUT2D eigenvalue weighted by Gasteiger charge is -2.49. The van der Waals surface area contributed by atoms with Crippen LogP contribution in [0.25, 0.3) is 10.9 Å². The van der Waals surface area contributed by atoms with Gasteiger partial charge in [-0.3, -0.25) is 4.79 Å². The molecule has 0 unspecified atom stereocenters. The molecule has 1 aromatic carbocycles. The first-order chi connectivity index (χ1) is 15.6. The van der Waals surface area contributed by atoms with Gasteiger partial charge < -0.3 is 29.4 Å². The SMILES string of the molecule is COc1cc2nc(N3CCN(C(=O)c4ccco4)[C@@H]4CCCC[C@H]43)nc(N)c2cc1OC. The lowest BCUT2D eigenvalue weighted by Crippen LogP contribution is -2.62. The molecule has 2 atom stereocenters. The molecule has 32 heavy (non-hydrogen) atoms. The first kappa shape index (κ1) is 20.4. The summed E-state index contributed by atoms with van der Waals surface area (Å²) in [5, 5.41) is 0.721. The first-order valence-corrected chi connectivity index (χ1v) is 10.9. The Hall–Kier alpha value is -3.49. The molecule has 9 nitrogen and oxygen atoms in total. The number of nitrogens with zero attached hydrogens (tertiary/aromatic N) is 4. The molecule has 2 fully saturated rings. The van der Waals surface area contributed by atoms with Gasteiger partial charge in [0, 0.05) is 24.5 Å². The van der Waals surface area contributed by atoms with Crippen LogP contribution in [0.3, 0.4) is 0 Å². The molecule has 9 heteroatoms. The third-order valence-corrected chi connectivity index (χ3v) is 6.54. The minimum Gasteiger partial charge on any atom is -0.493 e. The standard InChI is InChI=1S/C23H27N5O4/c1-30-19-12-14-15(13-20(19)31-2)25-23(26-21(14)24)28-10-9-27(16-6-3-4-7-17(16)28)22(29)18-8-5-11-32-18/h5,8,11-13,16-17H,3-4,6-7,9-10H2,1-2H3,(H2,24,25,26)/t16-,17-/m1/s1. The van der Waals surface area contributed by atoms with Crippen LogP contribution in [-0.2, 0) is 0 Å². The highest BCUT2D eigenvalue weighted by Gasteiger charge is 2.42. The maximum absolute atomic E-state index is 13.1. The average Bonchev–Trinajstić information content (AvgIpc) is 3.37. The van der Waals surface area contributed by atoms with E-state index in [1.54, 1.807) is 32.4 Å². The van der Waals surface area contributed by atoms with E-state index >= 15 is 0 Å². The van der Waals surface area contributed by atoms with E-state index in [1.165, 1.54) is 6.26 Å². The van der Waals surface area contributed by atoms with E-state index in [0.717, 1.165) is 31.1 Å². The highest BCUT2D eigenvalue weighted by molar-refractivity contribution is 5.93. The smallest absolute Gasteiger partial charge is 0.289 e. The molecule has 0 spiro atoms. The lowest BCUT2D eigenvalue weighted by atomic mass is 9.86. The fourth-order valence-corrected chi connectivity index (χ4v) is 5.00. The predicted molar refractivity (Wildman–Crippen MR) is 120 cm³/mol. The summed E-state index contributed by atoms with van der Waals surface area (Å²) < 4.78 is 16.2. The van der Waals surface area contributed by atoms with Gasteiger partial charge in [0.05, 0.1) is 38.1 Å². The zero-order valence-corrected chi connectivity index (χ0v) is 18.3. The van der Waals surface area contributed by atoms with Crippen LogP contribution in [0, 0.1) is 0 Å². The van der Waals surface area contributed by atoms with Gasteiger partial charge in [0.1, 0.15) is 5.82 Å². The van der Waals surface area contributed by atoms with Crippen LogP contribution in [0.2, 0.25) is 0 Å². The van der Waals surface area contributed by atoms with Crippen LogP contribution >= 0.6 is 0 Å². The maximum atomic E-state index is 13.1. The van der Waals surface area contributed by atoms with Gasteiger partial charge in [0.2, 0.25) is 5.95 Å². The Morgan fingerprint density at radius 2 is 1.84 bits per heavy atom. The van der Waals surface area contributed by atoms with Gasteiger partial charge in [-0.2, -0.15) is 4.98 Å². The summed E-state index contributed by atoms with van der Waals surface area (Å²) in [5.74, 6) is 2.49. The zero-order chi connectivity index (χ0) is 22.2. The second-order valence-corrected chi connectivity index (χ2v) is 8.22. The summed E-state index contributed by atoms with van der Waals surface area (Å²) in [4.78, 5) is 26.7. The minimum atomic E-state index is -0.0534. The molecule has 1 amide bonds. The second-order valence-electron chi connectivity index (χ2n) is 8.22. The van der Waals surface area contributed by atoms with Gasteiger partial charge in [-0.05, 0) is 31.0 Å². The van der Waals surface area contributed by atoms with Gasteiger partial charge in [0.25, 0.3) is 5.91 Å². The average molecular weight is 438 g/mol. The van der Waals surface area contributed by atoms with Gasteiger partial charge in [-0.1, -0.05) is 12.8 Å². The van der Waals surface area contributed by atoms with E-state index in [9.17, 15) is 4.79 Å². The number of amides is 1. The van der Waals surface area contributed by atoms with Crippen molar-refractivity contribution in [1.82, 2.24) is 14.9 Å². The van der Waals surface area contributed by atoms with Crippen LogP contribution in [0.15, 0.2) is 34.9 Å². The molecule has 0 radical (unpaired) electrons. The molecule has 2 aromatic heterocycles. The van der Waals surface area contributed by atoms with Crippen molar-refractivity contribution in [3.63, 3.8) is 0 Å². The van der Waals surface area contributed by atoms with Crippen molar-refractivity contribution in [2.75, 3.05) is 37.9 Å². The molecule has 2 aliphatic rings. The van der Waals surface area contributed by atoms with Crippen LogP contribution in [0.1, 0.15) is 36.2 Å². The van der Waals surface area contributed by atoms with Crippen LogP contribution in [-0.4, -0.2) is 60.2 Å². The number of hydrogen-bond acceptors (Lipinski definition) is 8. The fourth-order valence-electron chi connectivity index (χ4n) is 5.00. The summed E-state index contributed by atoms with van der Waals surface area (Å²) in [5.41, 5.74) is 7.04. The van der Waals surface area contributed by atoms with Gasteiger partial charge >= 0.3 is 0 Å². The van der Waals surface area contributed by atoms with Crippen molar-refractivity contribution in [2.24, 2.45) is 0 Å². The molecule has 3 heterocycles. The van der Waals surface area contributed by atoms with Gasteiger partial charge in [-0.25, -0.2) is 4.98 Å². The number of anilines is 2. The maximum Gasteiger partial charge on any atom is 0.289 e. The van der Waals surface area contributed by atoms with E-state index < -0.39 is 0 Å². The fraction of sp³-hybridized carbons (Fsp3) is 0.435. The largest absolute Gasteiger partial charge is 0.493 e. The van der Waals surface area contributed by atoms with Crippen LogP contribution in [0.5, 0.6) is 11.5 Å². The molecule has 3 aromatic rings. The monoisotopic (exact) mass is 437 g/mol. The van der Waals surface area contributed by atoms with Crippen LogP contribution < -0.4 is 20.1 Å². The zero-order valence-electron chi connectivity index (χ0n) is 18.3. The predicted octanol–water partition coefficient (Wildman–Crippen LogP) is 3.10. The van der Waals surface area contributed by atoms with Crippen molar-refractivity contribution in [2.45, 2.75) is 37.8 Å². The number of ether oxygens (including phenoxy) is 2. The quantitative estimate of drug-likeness (QED) is 0.664. The summed E-state index contributed by atoms with van der Waals surface area (Å²) in [6, 6.07) is 7.31. The summed E-state index contributed by atoms with van der Waals surface area (Å²) in [6.45, 7) is 1.21. The summed E-state index contributed by atoms with van der Waals surface area (Å²) in [7, 11) is 3.18. The molecular formula is C23H27N5O4. The van der Waals surface area contributed by atoms with Gasteiger partial charge in [0.15, 0.2) is 17.3 Å². The van der Waals surface area contributed by atoms with Crippen molar-refractivity contribution >= 4 is 28.6 Å². The third kappa shape index (κ3) is 3.37. The molecule has 5 rings (SSSR count). The number of hydrogen-bond donors (Lipinski definition) is 1. The number of rotatable bonds is 4. The van der Waals surface area contributed by atoms with Crippen molar-refractivity contribution < 1.29 is 18.7 Å². The summed E-state index contributed by atoms with van der Waals surface area (Å²) >= 11 is 0. The number of carbonyl (C=O) groups excluding carboxylic acids is 1. The molecule has 1 saturated heterocycles. The summed E-state index contributed by atoms with van der Waals surface area (Å²) in [6.07, 6.45) is 5.65. The van der Waals surface area contributed by atoms with E-state index in [0.29, 0.717) is 47.6 Å². The first-order valence-electron chi connectivity index (χ1n) is 10.9.